The van der Waals surface area contributed by atoms with Crippen LogP contribution in [0.5, 0.6) is 0 Å². The smallest absolute Gasteiger partial charge is 0.211 e. The number of nitrogens with zero attached hydrogens (tertiary/aromatic N) is 2. The molecule has 1 aromatic heterocycles. The van der Waals surface area contributed by atoms with Crippen LogP contribution in [0.15, 0.2) is 6.07 Å². The largest absolute Gasteiger partial charge is 0.238 e. The van der Waals surface area contributed by atoms with E-state index in [1.54, 1.807) is 6.07 Å². The zero-order valence-electron chi connectivity index (χ0n) is 7.63. The average Bonchev–Trinajstić information content (AvgIpc) is 2.87. The van der Waals surface area contributed by atoms with Gasteiger partial charge in [-0.1, -0.05) is 23.2 Å². The van der Waals surface area contributed by atoms with Crippen molar-refractivity contribution in [2.45, 2.75) is 25.2 Å². The van der Waals surface area contributed by atoms with Crippen LogP contribution in [-0.4, -0.2) is 16.6 Å². The molecule has 0 amide bonds. The molecule has 82 valence electrons. The Bertz CT molecular complexity index is 373. The SMILES string of the molecule is FC(F)C[C@H]1C[C@@H]1c1cc(Cl)nnc1Cl. The highest BCUT2D eigenvalue weighted by molar-refractivity contribution is 6.31. The first-order valence-electron chi connectivity index (χ1n) is 4.54. The summed E-state index contributed by atoms with van der Waals surface area (Å²) in [5.74, 6) is 0.0715. The summed E-state index contributed by atoms with van der Waals surface area (Å²) in [5.41, 5.74) is 0.738. The molecule has 0 aliphatic heterocycles. The highest BCUT2D eigenvalue weighted by Crippen LogP contribution is 2.52. The lowest BCUT2D eigenvalue weighted by Gasteiger charge is -2.02. The molecule has 0 spiro atoms. The van der Waals surface area contributed by atoms with Crippen LogP contribution in [0.2, 0.25) is 10.3 Å². The van der Waals surface area contributed by atoms with E-state index in [4.69, 9.17) is 23.2 Å². The molecule has 1 aromatic rings. The Hall–Kier alpha value is -0.480. The van der Waals surface area contributed by atoms with Gasteiger partial charge in [0.05, 0.1) is 0 Å². The first-order chi connectivity index (χ1) is 7.08. The van der Waals surface area contributed by atoms with Crippen LogP contribution in [-0.2, 0) is 0 Å². The van der Waals surface area contributed by atoms with E-state index in [9.17, 15) is 8.78 Å². The van der Waals surface area contributed by atoms with E-state index in [0.717, 1.165) is 12.0 Å². The van der Waals surface area contributed by atoms with Gasteiger partial charge >= 0.3 is 0 Å². The van der Waals surface area contributed by atoms with Crippen molar-refractivity contribution in [3.8, 4) is 0 Å². The van der Waals surface area contributed by atoms with Crippen LogP contribution in [0, 0.1) is 5.92 Å². The van der Waals surface area contributed by atoms with Gasteiger partial charge in [0.15, 0.2) is 10.3 Å². The second kappa shape index (κ2) is 4.18. The zero-order chi connectivity index (χ0) is 11.0. The lowest BCUT2D eigenvalue weighted by molar-refractivity contribution is 0.129. The maximum absolute atomic E-state index is 12.1. The van der Waals surface area contributed by atoms with Crippen molar-refractivity contribution >= 4 is 23.2 Å². The number of hydrogen-bond donors (Lipinski definition) is 0. The van der Waals surface area contributed by atoms with Gasteiger partial charge in [-0.05, 0) is 29.9 Å². The minimum absolute atomic E-state index is 0.00256. The van der Waals surface area contributed by atoms with Crippen LogP contribution in [0.25, 0.3) is 0 Å². The summed E-state index contributed by atoms with van der Waals surface area (Å²) in [6.07, 6.45) is -1.61. The van der Waals surface area contributed by atoms with Gasteiger partial charge in [-0.2, -0.15) is 0 Å². The molecule has 0 radical (unpaired) electrons. The molecule has 6 heteroatoms. The molecule has 1 aliphatic rings. The Morgan fingerprint density at radius 1 is 1.40 bits per heavy atom. The maximum Gasteiger partial charge on any atom is 0.238 e. The van der Waals surface area contributed by atoms with Gasteiger partial charge < -0.3 is 0 Å². The fourth-order valence-corrected chi connectivity index (χ4v) is 2.13. The first-order valence-corrected chi connectivity index (χ1v) is 5.30. The maximum atomic E-state index is 12.1. The molecule has 1 aliphatic carbocycles. The number of halogens is 4. The van der Waals surface area contributed by atoms with Gasteiger partial charge in [0.2, 0.25) is 6.43 Å². The molecule has 15 heavy (non-hydrogen) atoms. The molecule has 2 nitrogen and oxygen atoms in total. The average molecular weight is 253 g/mol. The molecule has 0 saturated heterocycles. The second-order valence-electron chi connectivity index (χ2n) is 3.64. The third kappa shape index (κ3) is 2.55. The summed E-state index contributed by atoms with van der Waals surface area (Å²) in [4.78, 5) is 0. The van der Waals surface area contributed by atoms with Crippen LogP contribution < -0.4 is 0 Å². The van der Waals surface area contributed by atoms with E-state index >= 15 is 0 Å². The highest BCUT2D eigenvalue weighted by atomic mass is 35.5. The summed E-state index contributed by atoms with van der Waals surface area (Å²) >= 11 is 11.5. The van der Waals surface area contributed by atoms with Crippen molar-refractivity contribution < 1.29 is 8.78 Å². The number of rotatable bonds is 3. The summed E-state index contributed by atoms with van der Waals surface area (Å²) < 4.78 is 24.2. The van der Waals surface area contributed by atoms with Gasteiger partial charge in [0.25, 0.3) is 0 Å². The fraction of sp³-hybridized carbons (Fsp3) is 0.556. The molecule has 0 aromatic carbocycles. The number of alkyl halides is 2. The molecule has 1 saturated carbocycles. The van der Waals surface area contributed by atoms with Crippen molar-refractivity contribution in [2.75, 3.05) is 0 Å². The summed E-state index contributed by atoms with van der Waals surface area (Å²) in [6, 6.07) is 1.60. The normalized spacial score (nSPS) is 24.6. The second-order valence-corrected chi connectivity index (χ2v) is 4.39. The Labute approximate surface area is 95.6 Å². The minimum Gasteiger partial charge on any atom is -0.211 e. The van der Waals surface area contributed by atoms with E-state index < -0.39 is 6.43 Å². The number of aromatic nitrogens is 2. The Morgan fingerprint density at radius 2 is 2.13 bits per heavy atom. The van der Waals surface area contributed by atoms with E-state index in [2.05, 4.69) is 10.2 Å². The van der Waals surface area contributed by atoms with Gasteiger partial charge in [-0.15, -0.1) is 10.2 Å². The zero-order valence-corrected chi connectivity index (χ0v) is 9.14. The topological polar surface area (TPSA) is 25.8 Å². The Morgan fingerprint density at radius 3 is 2.80 bits per heavy atom. The van der Waals surface area contributed by atoms with Gasteiger partial charge in [0, 0.05) is 6.42 Å². The molecule has 1 fully saturated rings. The standard InChI is InChI=1S/C9H8Cl2F2N2/c10-7-3-6(9(11)15-14-7)5-1-4(5)2-8(12)13/h3-5,8H,1-2H2/t4-,5+/m1/s1. The molecule has 1 heterocycles. The Kier molecular flexibility index (Phi) is 3.07. The molecule has 2 rings (SSSR count). The third-order valence-electron chi connectivity index (χ3n) is 2.55. The fourth-order valence-electron chi connectivity index (χ4n) is 1.74. The highest BCUT2D eigenvalue weighted by Gasteiger charge is 2.41. The summed E-state index contributed by atoms with van der Waals surface area (Å²) in [6.45, 7) is 0. The predicted molar refractivity (Wildman–Crippen MR) is 53.5 cm³/mol. The molecule has 0 N–H and O–H groups in total. The van der Waals surface area contributed by atoms with Crippen LogP contribution in [0.4, 0.5) is 8.78 Å². The predicted octanol–water partition coefficient (Wildman–Crippen LogP) is 3.54. The molecular weight excluding hydrogens is 245 g/mol. The molecular formula is C9H8Cl2F2N2. The van der Waals surface area contributed by atoms with Crippen molar-refractivity contribution in [1.29, 1.82) is 0 Å². The Balaban J connectivity index is 2.09. The first kappa shape index (κ1) is 11.0. The third-order valence-corrected chi connectivity index (χ3v) is 3.03. The van der Waals surface area contributed by atoms with Gasteiger partial charge in [-0.3, -0.25) is 0 Å². The van der Waals surface area contributed by atoms with Crippen molar-refractivity contribution in [2.24, 2.45) is 5.92 Å². The number of hydrogen-bond acceptors (Lipinski definition) is 2. The monoisotopic (exact) mass is 252 g/mol. The lowest BCUT2D eigenvalue weighted by Crippen LogP contribution is -1.95. The minimum atomic E-state index is -2.26. The van der Waals surface area contributed by atoms with Crippen molar-refractivity contribution in [1.82, 2.24) is 10.2 Å². The summed E-state index contributed by atoms with van der Waals surface area (Å²) in [7, 11) is 0. The summed E-state index contributed by atoms with van der Waals surface area (Å²) in [5, 5.41) is 7.73. The van der Waals surface area contributed by atoms with Gasteiger partial charge in [-0.25, -0.2) is 8.78 Å². The van der Waals surface area contributed by atoms with Crippen LogP contribution in [0.1, 0.15) is 24.3 Å². The quantitative estimate of drug-likeness (QED) is 0.823. The van der Waals surface area contributed by atoms with E-state index in [1.165, 1.54) is 0 Å². The lowest BCUT2D eigenvalue weighted by atomic mass is 10.1. The van der Waals surface area contributed by atoms with Crippen LogP contribution in [0.3, 0.4) is 0 Å². The molecule has 0 unspecified atom stereocenters. The molecule has 2 atom stereocenters. The molecule has 0 bridgehead atoms. The van der Waals surface area contributed by atoms with E-state index in [1.807, 2.05) is 0 Å². The van der Waals surface area contributed by atoms with Crippen molar-refractivity contribution in [3.63, 3.8) is 0 Å². The van der Waals surface area contributed by atoms with Crippen LogP contribution >= 0.6 is 23.2 Å². The van der Waals surface area contributed by atoms with Gasteiger partial charge in [0.1, 0.15) is 0 Å². The van der Waals surface area contributed by atoms with E-state index in [0.29, 0.717) is 0 Å². The van der Waals surface area contributed by atoms with E-state index in [-0.39, 0.29) is 28.6 Å². The van der Waals surface area contributed by atoms with Crippen molar-refractivity contribution in [3.05, 3.63) is 21.9 Å².